The Labute approximate surface area is 189 Å². The van der Waals surface area contributed by atoms with Crippen molar-refractivity contribution in [2.24, 2.45) is 0 Å². The standard InChI is InChI=1S/C22H23F2N7O2/c1-29-18-10-26-22(28-20(18)31-5-3-4-17(31)21(29)32)25-8-14-9-27-30(12-14)11-13-6-15(23)19(33-2)16(24)7-13/h6-7,9-10,12,17H,3-5,8,11H2,1-2H3,(H,25,26,28)/t17-/m0/s1. The van der Waals surface area contributed by atoms with Crippen LogP contribution in [0.2, 0.25) is 0 Å². The second kappa shape index (κ2) is 8.30. The molecular weight excluding hydrogens is 432 g/mol. The van der Waals surface area contributed by atoms with Crippen molar-refractivity contribution < 1.29 is 18.3 Å². The Hall–Kier alpha value is -3.76. The first kappa shape index (κ1) is 21.1. The largest absolute Gasteiger partial charge is 0.491 e. The van der Waals surface area contributed by atoms with Crippen LogP contribution in [0.15, 0.2) is 30.7 Å². The van der Waals surface area contributed by atoms with E-state index in [9.17, 15) is 13.6 Å². The Morgan fingerprint density at radius 3 is 2.76 bits per heavy atom. The number of likely N-dealkylation sites (N-methyl/N-ethyl adjacent to an activating group) is 1. The molecule has 2 aromatic heterocycles. The smallest absolute Gasteiger partial charge is 0.249 e. The fourth-order valence-corrected chi connectivity index (χ4v) is 4.37. The molecule has 0 bridgehead atoms. The maximum atomic E-state index is 13.9. The van der Waals surface area contributed by atoms with Crippen molar-refractivity contribution in [1.82, 2.24) is 19.7 Å². The summed E-state index contributed by atoms with van der Waals surface area (Å²) in [5.74, 6) is -0.610. The van der Waals surface area contributed by atoms with Gasteiger partial charge >= 0.3 is 0 Å². The summed E-state index contributed by atoms with van der Waals surface area (Å²) in [4.78, 5) is 25.2. The number of carbonyl (C=O) groups is 1. The van der Waals surface area contributed by atoms with Gasteiger partial charge in [-0.2, -0.15) is 10.1 Å². The van der Waals surface area contributed by atoms with Crippen LogP contribution in [0.25, 0.3) is 0 Å². The van der Waals surface area contributed by atoms with Crippen LogP contribution >= 0.6 is 0 Å². The van der Waals surface area contributed by atoms with E-state index in [0.717, 1.165) is 30.8 Å². The number of rotatable bonds is 6. The van der Waals surface area contributed by atoms with Crippen molar-refractivity contribution in [3.05, 3.63) is 53.5 Å². The highest BCUT2D eigenvalue weighted by atomic mass is 19.1. The number of hydrogen-bond donors (Lipinski definition) is 1. The lowest BCUT2D eigenvalue weighted by molar-refractivity contribution is -0.119. The maximum absolute atomic E-state index is 13.9. The van der Waals surface area contributed by atoms with Crippen LogP contribution < -0.4 is 19.9 Å². The molecule has 172 valence electrons. The van der Waals surface area contributed by atoms with Gasteiger partial charge in [0.05, 0.1) is 26.0 Å². The Kier molecular flexibility index (Phi) is 5.31. The van der Waals surface area contributed by atoms with Crippen molar-refractivity contribution in [3.8, 4) is 5.75 Å². The van der Waals surface area contributed by atoms with E-state index in [1.165, 1.54) is 19.2 Å². The molecule has 0 radical (unpaired) electrons. The molecule has 2 aliphatic heterocycles. The predicted octanol–water partition coefficient (Wildman–Crippen LogP) is 2.57. The third-order valence-corrected chi connectivity index (χ3v) is 6.00. The molecule has 1 amide bonds. The van der Waals surface area contributed by atoms with Crippen molar-refractivity contribution in [2.45, 2.75) is 32.0 Å². The average Bonchev–Trinajstić information content (AvgIpc) is 3.46. The number of amides is 1. The van der Waals surface area contributed by atoms with E-state index in [4.69, 9.17) is 4.74 Å². The first-order valence-electron chi connectivity index (χ1n) is 10.6. The fraction of sp³-hybridized carbons (Fsp3) is 0.364. The van der Waals surface area contributed by atoms with Crippen LogP contribution in [0, 0.1) is 11.6 Å². The normalized spacial score (nSPS) is 17.2. The van der Waals surface area contributed by atoms with Gasteiger partial charge in [0.1, 0.15) is 11.7 Å². The quantitative estimate of drug-likeness (QED) is 0.611. The zero-order valence-corrected chi connectivity index (χ0v) is 18.3. The number of nitrogens with zero attached hydrogens (tertiary/aromatic N) is 6. The SMILES string of the molecule is COc1c(F)cc(Cn2cc(CNc3ncc4c(n3)N3CCC[C@H]3C(=O)N4C)cn2)cc1F. The highest BCUT2D eigenvalue weighted by Gasteiger charge is 2.40. The van der Waals surface area contributed by atoms with Gasteiger partial charge in [0.25, 0.3) is 0 Å². The van der Waals surface area contributed by atoms with Crippen molar-refractivity contribution >= 4 is 23.4 Å². The molecule has 0 aliphatic carbocycles. The summed E-state index contributed by atoms with van der Waals surface area (Å²) in [5.41, 5.74) is 2.00. The summed E-state index contributed by atoms with van der Waals surface area (Å²) in [6, 6.07) is 2.31. The average molecular weight is 455 g/mol. The summed E-state index contributed by atoms with van der Waals surface area (Å²) in [6.45, 7) is 1.43. The number of halogens is 2. The Morgan fingerprint density at radius 2 is 2.00 bits per heavy atom. The van der Waals surface area contributed by atoms with E-state index >= 15 is 0 Å². The number of methoxy groups -OCH3 is 1. The van der Waals surface area contributed by atoms with E-state index in [0.29, 0.717) is 23.7 Å². The zero-order valence-electron chi connectivity index (χ0n) is 18.3. The lowest BCUT2D eigenvalue weighted by atomic mass is 10.1. The number of carbonyl (C=O) groups excluding carboxylic acids is 1. The van der Waals surface area contributed by atoms with Gasteiger partial charge in [-0.05, 0) is 30.5 Å². The Bertz CT molecular complexity index is 1190. The molecule has 1 fully saturated rings. The van der Waals surface area contributed by atoms with Crippen LogP contribution in [0.5, 0.6) is 5.75 Å². The number of aromatic nitrogens is 4. The molecule has 0 unspecified atom stereocenters. The van der Waals surface area contributed by atoms with Crippen LogP contribution in [0.3, 0.4) is 0 Å². The molecule has 4 heterocycles. The highest BCUT2D eigenvalue weighted by Crippen LogP contribution is 2.37. The van der Waals surface area contributed by atoms with E-state index in [2.05, 4.69) is 25.3 Å². The van der Waals surface area contributed by atoms with E-state index in [1.807, 2.05) is 0 Å². The number of benzene rings is 1. The third kappa shape index (κ3) is 3.83. The van der Waals surface area contributed by atoms with Crippen molar-refractivity contribution in [2.75, 3.05) is 35.8 Å². The van der Waals surface area contributed by atoms with Gasteiger partial charge in [0, 0.05) is 31.9 Å². The minimum absolute atomic E-state index is 0.0772. The lowest BCUT2D eigenvalue weighted by Crippen LogP contribution is -2.49. The number of ether oxygens (including phenoxy) is 1. The molecular formula is C22H23F2N7O2. The summed E-state index contributed by atoms with van der Waals surface area (Å²) >= 11 is 0. The second-order valence-corrected chi connectivity index (χ2v) is 8.14. The first-order valence-corrected chi connectivity index (χ1v) is 10.6. The van der Waals surface area contributed by atoms with Crippen molar-refractivity contribution in [1.29, 1.82) is 0 Å². The van der Waals surface area contributed by atoms with Gasteiger partial charge in [0.2, 0.25) is 11.9 Å². The number of nitrogens with one attached hydrogen (secondary N) is 1. The molecule has 1 atom stereocenters. The molecule has 1 N–H and O–H groups in total. The van der Waals surface area contributed by atoms with Gasteiger partial charge in [0.15, 0.2) is 23.2 Å². The molecule has 1 aromatic carbocycles. The molecule has 5 rings (SSSR count). The van der Waals surface area contributed by atoms with Gasteiger partial charge < -0.3 is 19.9 Å². The number of anilines is 3. The Balaban J connectivity index is 1.27. The monoisotopic (exact) mass is 455 g/mol. The summed E-state index contributed by atoms with van der Waals surface area (Å²) in [6.07, 6.45) is 6.90. The molecule has 1 saturated heterocycles. The summed E-state index contributed by atoms with van der Waals surface area (Å²) in [5, 5.41) is 7.45. The molecule has 33 heavy (non-hydrogen) atoms. The minimum Gasteiger partial charge on any atom is -0.491 e. The first-order chi connectivity index (χ1) is 15.9. The lowest BCUT2D eigenvalue weighted by Gasteiger charge is -2.36. The van der Waals surface area contributed by atoms with Gasteiger partial charge in [-0.25, -0.2) is 13.8 Å². The molecule has 3 aromatic rings. The Morgan fingerprint density at radius 1 is 1.21 bits per heavy atom. The van der Waals surface area contributed by atoms with Crippen LogP contribution in [0.4, 0.5) is 26.2 Å². The summed E-state index contributed by atoms with van der Waals surface area (Å²) in [7, 11) is 2.98. The fourth-order valence-electron chi connectivity index (χ4n) is 4.37. The van der Waals surface area contributed by atoms with Gasteiger partial charge in [-0.15, -0.1) is 0 Å². The highest BCUT2D eigenvalue weighted by molar-refractivity contribution is 6.04. The third-order valence-electron chi connectivity index (χ3n) is 6.00. The number of fused-ring (bicyclic) bond motifs is 3. The van der Waals surface area contributed by atoms with E-state index in [1.54, 1.807) is 35.2 Å². The second-order valence-electron chi connectivity index (χ2n) is 8.14. The van der Waals surface area contributed by atoms with E-state index < -0.39 is 17.4 Å². The topological polar surface area (TPSA) is 88.4 Å². The molecule has 2 aliphatic rings. The summed E-state index contributed by atoms with van der Waals surface area (Å²) < 4.78 is 34.2. The van der Waals surface area contributed by atoms with Crippen LogP contribution in [-0.2, 0) is 17.9 Å². The van der Waals surface area contributed by atoms with Crippen LogP contribution in [0.1, 0.15) is 24.0 Å². The molecule has 9 nitrogen and oxygen atoms in total. The van der Waals surface area contributed by atoms with Gasteiger partial charge in [-0.3, -0.25) is 9.48 Å². The zero-order chi connectivity index (χ0) is 23.1. The maximum Gasteiger partial charge on any atom is 0.249 e. The van der Waals surface area contributed by atoms with Crippen LogP contribution in [-0.4, -0.2) is 52.4 Å². The number of hydrogen-bond acceptors (Lipinski definition) is 7. The predicted molar refractivity (Wildman–Crippen MR) is 117 cm³/mol. The molecule has 11 heteroatoms. The molecule has 0 saturated carbocycles. The molecule has 0 spiro atoms. The van der Waals surface area contributed by atoms with E-state index in [-0.39, 0.29) is 18.5 Å². The van der Waals surface area contributed by atoms with Crippen molar-refractivity contribution in [3.63, 3.8) is 0 Å². The van der Waals surface area contributed by atoms with Gasteiger partial charge in [-0.1, -0.05) is 0 Å². The minimum atomic E-state index is -0.751.